The zero-order valence-electron chi connectivity index (χ0n) is 14.8. The zero-order chi connectivity index (χ0) is 16.8. The van der Waals surface area contributed by atoms with Crippen molar-refractivity contribution in [2.45, 2.75) is 39.5 Å². The molecule has 0 radical (unpaired) electrons. The summed E-state index contributed by atoms with van der Waals surface area (Å²) in [4.78, 5) is 11.0. The van der Waals surface area contributed by atoms with Gasteiger partial charge in [0, 0.05) is 29.1 Å². The summed E-state index contributed by atoms with van der Waals surface area (Å²) in [5.41, 5.74) is 6.42. The number of H-pyrrole nitrogens is 1. The van der Waals surface area contributed by atoms with E-state index in [1.54, 1.807) is 0 Å². The highest BCUT2D eigenvalue weighted by Crippen LogP contribution is 2.35. The number of piperidine rings is 1. The van der Waals surface area contributed by atoms with Crippen molar-refractivity contribution >= 4 is 10.9 Å². The number of aryl methyl sites for hydroxylation is 3. The lowest BCUT2D eigenvalue weighted by atomic mass is 9.92. The van der Waals surface area contributed by atoms with Crippen molar-refractivity contribution in [1.82, 2.24) is 20.0 Å². The topological polar surface area (TPSA) is 58.0 Å². The second-order valence-corrected chi connectivity index (χ2v) is 7.11. The zero-order valence-corrected chi connectivity index (χ0v) is 14.8. The monoisotopic (exact) mass is 324 g/mol. The van der Waals surface area contributed by atoms with E-state index in [9.17, 15) is 0 Å². The van der Waals surface area contributed by atoms with Crippen LogP contribution < -0.4 is 0 Å². The first-order valence-corrected chi connectivity index (χ1v) is 8.65. The summed E-state index contributed by atoms with van der Waals surface area (Å²) in [6.07, 6.45) is 2.42. The van der Waals surface area contributed by atoms with Gasteiger partial charge in [0.15, 0.2) is 0 Å². The predicted octanol–water partition coefficient (Wildman–Crippen LogP) is 3.95. The molecule has 1 aliphatic rings. The van der Waals surface area contributed by atoms with Gasteiger partial charge in [-0.25, -0.2) is 0 Å². The normalized spacial score (nSPS) is 19.2. The summed E-state index contributed by atoms with van der Waals surface area (Å²) >= 11 is 0. The molecular formula is C19H24N4O. The maximum Gasteiger partial charge on any atom is 0.143 e. The van der Waals surface area contributed by atoms with Crippen LogP contribution in [0.15, 0.2) is 16.7 Å². The average molecular weight is 324 g/mol. The molecule has 3 aromatic rings. The first kappa shape index (κ1) is 15.4. The molecule has 126 valence electrons. The third-order valence-electron chi connectivity index (χ3n) is 5.08. The molecule has 4 heterocycles. The van der Waals surface area contributed by atoms with E-state index in [2.05, 4.69) is 41.1 Å². The van der Waals surface area contributed by atoms with Gasteiger partial charge in [-0.1, -0.05) is 5.16 Å². The molecule has 1 fully saturated rings. The molecule has 5 nitrogen and oxygen atoms in total. The van der Waals surface area contributed by atoms with E-state index in [-0.39, 0.29) is 0 Å². The number of nitrogens with one attached hydrogen (secondary N) is 1. The average Bonchev–Trinajstić information content (AvgIpc) is 3.07. The summed E-state index contributed by atoms with van der Waals surface area (Å²) < 4.78 is 5.36. The van der Waals surface area contributed by atoms with E-state index in [0.29, 0.717) is 5.92 Å². The van der Waals surface area contributed by atoms with Gasteiger partial charge < -0.3 is 14.4 Å². The number of aromatic amines is 1. The Hall–Kier alpha value is -2.14. The molecular weight excluding hydrogens is 300 g/mol. The molecule has 5 heteroatoms. The number of aromatic nitrogens is 3. The van der Waals surface area contributed by atoms with Gasteiger partial charge in [0.05, 0.1) is 22.6 Å². The minimum atomic E-state index is 0.474. The molecule has 0 spiro atoms. The second-order valence-electron chi connectivity index (χ2n) is 7.11. The van der Waals surface area contributed by atoms with E-state index >= 15 is 0 Å². The maximum absolute atomic E-state index is 5.36. The van der Waals surface area contributed by atoms with Crippen molar-refractivity contribution in [3.8, 4) is 11.3 Å². The molecule has 1 saturated heterocycles. The van der Waals surface area contributed by atoms with E-state index in [1.165, 1.54) is 36.2 Å². The molecule has 0 aliphatic carbocycles. The van der Waals surface area contributed by atoms with Crippen molar-refractivity contribution in [1.29, 1.82) is 0 Å². The Morgan fingerprint density at radius 2 is 2.08 bits per heavy atom. The number of likely N-dealkylation sites (tertiary alicyclic amines) is 1. The predicted molar refractivity (Wildman–Crippen MR) is 95.3 cm³/mol. The Bertz CT molecular complexity index is 873. The Kier molecular flexibility index (Phi) is 3.68. The van der Waals surface area contributed by atoms with E-state index in [0.717, 1.165) is 34.8 Å². The van der Waals surface area contributed by atoms with Crippen molar-refractivity contribution in [2.75, 3.05) is 20.1 Å². The van der Waals surface area contributed by atoms with Gasteiger partial charge in [-0.05, 0) is 59.3 Å². The molecule has 24 heavy (non-hydrogen) atoms. The van der Waals surface area contributed by atoms with Gasteiger partial charge >= 0.3 is 0 Å². The lowest BCUT2D eigenvalue weighted by Crippen LogP contribution is -2.31. The summed E-state index contributed by atoms with van der Waals surface area (Å²) in [7, 11) is 2.20. The number of fused-ring (bicyclic) bond motifs is 1. The van der Waals surface area contributed by atoms with Crippen molar-refractivity contribution in [3.63, 3.8) is 0 Å². The van der Waals surface area contributed by atoms with Crippen LogP contribution >= 0.6 is 0 Å². The van der Waals surface area contributed by atoms with Crippen molar-refractivity contribution < 1.29 is 4.52 Å². The SMILES string of the molecule is Cc1cc2c(C3CCCN(C)C3)nc(-c3c(C)noc3C)cc2[nH]1. The lowest BCUT2D eigenvalue weighted by molar-refractivity contribution is 0.249. The van der Waals surface area contributed by atoms with Crippen LogP contribution in [0.2, 0.25) is 0 Å². The van der Waals surface area contributed by atoms with Gasteiger partial charge in [-0.15, -0.1) is 0 Å². The first-order valence-electron chi connectivity index (χ1n) is 8.65. The van der Waals surface area contributed by atoms with Gasteiger partial charge in [0.2, 0.25) is 0 Å². The largest absolute Gasteiger partial charge is 0.361 e. The van der Waals surface area contributed by atoms with Crippen molar-refractivity contribution in [3.05, 3.63) is 35.0 Å². The van der Waals surface area contributed by atoms with Gasteiger partial charge in [0.25, 0.3) is 0 Å². The Morgan fingerprint density at radius 1 is 1.25 bits per heavy atom. The summed E-state index contributed by atoms with van der Waals surface area (Å²) in [5, 5.41) is 5.35. The number of hydrogen-bond acceptors (Lipinski definition) is 4. The fourth-order valence-electron chi connectivity index (χ4n) is 3.97. The van der Waals surface area contributed by atoms with Crippen LogP contribution in [0.3, 0.4) is 0 Å². The number of nitrogens with zero attached hydrogens (tertiary/aromatic N) is 3. The number of hydrogen-bond donors (Lipinski definition) is 1. The van der Waals surface area contributed by atoms with Crippen LogP contribution in [0.25, 0.3) is 22.2 Å². The number of pyridine rings is 1. The van der Waals surface area contributed by atoms with E-state index in [4.69, 9.17) is 9.51 Å². The fraction of sp³-hybridized carbons (Fsp3) is 0.474. The Morgan fingerprint density at radius 3 is 2.79 bits per heavy atom. The third-order valence-corrected chi connectivity index (χ3v) is 5.08. The van der Waals surface area contributed by atoms with Crippen LogP contribution in [-0.2, 0) is 0 Å². The molecule has 0 bridgehead atoms. The molecule has 1 aliphatic heterocycles. The van der Waals surface area contributed by atoms with Gasteiger partial charge in [-0.3, -0.25) is 4.98 Å². The molecule has 1 N–H and O–H groups in total. The highest BCUT2D eigenvalue weighted by atomic mass is 16.5. The lowest BCUT2D eigenvalue weighted by Gasteiger charge is -2.29. The van der Waals surface area contributed by atoms with Crippen molar-refractivity contribution in [2.24, 2.45) is 0 Å². The molecule has 1 unspecified atom stereocenters. The van der Waals surface area contributed by atoms with Gasteiger partial charge in [0.1, 0.15) is 5.76 Å². The minimum absolute atomic E-state index is 0.474. The quantitative estimate of drug-likeness (QED) is 0.775. The van der Waals surface area contributed by atoms with E-state index < -0.39 is 0 Å². The maximum atomic E-state index is 5.36. The second kappa shape index (κ2) is 5.74. The molecule has 0 saturated carbocycles. The Labute approximate surface area is 142 Å². The van der Waals surface area contributed by atoms with Crippen LogP contribution in [0.5, 0.6) is 0 Å². The standard InChI is InChI=1S/C19H24N4O/c1-11-8-15-16(20-11)9-17(18-12(2)22-24-13(18)3)21-19(15)14-6-5-7-23(4)10-14/h8-9,14,20H,5-7,10H2,1-4H3. The molecule has 0 amide bonds. The third kappa shape index (κ3) is 2.53. The molecule has 0 aromatic carbocycles. The summed E-state index contributed by atoms with van der Waals surface area (Å²) in [6, 6.07) is 4.36. The van der Waals surface area contributed by atoms with E-state index in [1.807, 2.05) is 13.8 Å². The summed E-state index contributed by atoms with van der Waals surface area (Å²) in [6.45, 7) is 8.28. The van der Waals surface area contributed by atoms with Gasteiger partial charge in [-0.2, -0.15) is 0 Å². The number of likely N-dealkylation sites (N-methyl/N-ethyl adjacent to an activating group) is 1. The Balaban J connectivity index is 1.91. The first-order chi connectivity index (χ1) is 11.5. The van der Waals surface area contributed by atoms with Crippen LogP contribution in [-0.4, -0.2) is 40.2 Å². The molecule has 1 atom stereocenters. The number of rotatable bonds is 2. The van der Waals surface area contributed by atoms with Crippen LogP contribution in [0.1, 0.15) is 41.6 Å². The highest BCUT2D eigenvalue weighted by molar-refractivity contribution is 5.87. The fourth-order valence-corrected chi connectivity index (χ4v) is 3.97. The summed E-state index contributed by atoms with van der Waals surface area (Å²) in [5.74, 6) is 1.30. The molecule has 4 rings (SSSR count). The van der Waals surface area contributed by atoms with Crippen LogP contribution in [0, 0.1) is 20.8 Å². The highest BCUT2D eigenvalue weighted by Gasteiger charge is 2.24. The smallest absolute Gasteiger partial charge is 0.143 e. The van der Waals surface area contributed by atoms with Crippen LogP contribution in [0.4, 0.5) is 0 Å². The molecule has 3 aromatic heterocycles. The minimum Gasteiger partial charge on any atom is -0.361 e.